The third-order valence-corrected chi connectivity index (χ3v) is 3.73. The SMILES string of the molecule is C[C@H](C(=O)Nc1ccc(NC(=O)c2cc(Cl)c[nH]2)cc1)n1cncn1. The lowest BCUT2D eigenvalue weighted by atomic mass is 10.2. The maximum absolute atomic E-state index is 12.2. The summed E-state index contributed by atoms with van der Waals surface area (Å²) in [5, 5.41) is 9.92. The molecular formula is C16H15ClN6O2. The van der Waals surface area contributed by atoms with Gasteiger partial charge in [-0.1, -0.05) is 11.6 Å². The van der Waals surface area contributed by atoms with Gasteiger partial charge >= 0.3 is 0 Å². The second kappa shape index (κ2) is 7.18. The van der Waals surface area contributed by atoms with E-state index in [0.29, 0.717) is 22.1 Å². The number of carbonyl (C=O) groups is 2. The highest BCUT2D eigenvalue weighted by atomic mass is 35.5. The molecule has 0 bridgehead atoms. The molecule has 25 heavy (non-hydrogen) atoms. The fourth-order valence-electron chi connectivity index (χ4n) is 2.12. The van der Waals surface area contributed by atoms with Crippen LogP contribution in [0.3, 0.4) is 0 Å². The van der Waals surface area contributed by atoms with Gasteiger partial charge in [-0.2, -0.15) is 5.10 Å². The normalized spacial score (nSPS) is 11.8. The minimum absolute atomic E-state index is 0.219. The Bertz CT molecular complexity index is 872. The Morgan fingerprint density at radius 2 is 1.88 bits per heavy atom. The molecule has 2 aromatic heterocycles. The van der Waals surface area contributed by atoms with Crippen molar-refractivity contribution in [3.63, 3.8) is 0 Å². The van der Waals surface area contributed by atoms with E-state index in [1.54, 1.807) is 31.2 Å². The number of aromatic amines is 1. The lowest BCUT2D eigenvalue weighted by molar-refractivity contribution is -0.119. The summed E-state index contributed by atoms with van der Waals surface area (Å²) >= 11 is 5.78. The molecule has 0 radical (unpaired) electrons. The maximum Gasteiger partial charge on any atom is 0.272 e. The van der Waals surface area contributed by atoms with Crippen molar-refractivity contribution >= 4 is 34.8 Å². The van der Waals surface area contributed by atoms with Gasteiger partial charge in [-0.3, -0.25) is 9.59 Å². The standard InChI is InChI=1S/C16H15ClN6O2/c1-10(23-9-18-8-20-23)15(24)21-12-2-4-13(5-3-12)22-16(25)14-6-11(17)7-19-14/h2-10,19H,1H3,(H,21,24)(H,22,25)/t10-/m1/s1. The van der Waals surface area contributed by atoms with Crippen LogP contribution in [0.4, 0.5) is 11.4 Å². The van der Waals surface area contributed by atoms with Gasteiger partial charge in [-0.25, -0.2) is 9.67 Å². The minimum Gasteiger partial charge on any atom is -0.356 e. The first kappa shape index (κ1) is 16.7. The second-order valence-electron chi connectivity index (χ2n) is 5.30. The van der Waals surface area contributed by atoms with Crippen LogP contribution in [0, 0.1) is 0 Å². The van der Waals surface area contributed by atoms with E-state index in [1.807, 2.05) is 0 Å². The number of rotatable bonds is 5. The van der Waals surface area contributed by atoms with E-state index in [-0.39, 0.29) is 11.8 Å². The number of aromatic nitrogens is 4. The summed E-state index contributed by atoms with van der Waals surface area (Å²) in [7, 11) is 0. The number of nitrogens with one attached hydrogen (secondary N) is 3. The predicted octanol–water partition coefficient (Wildman–Crippen LogP) is 2.71. The monoisotopic (exact) mass is 358 g/mol. The number of hydrogen-bond acceptors (Lipinski definition) is 4. The molecule has 8 nitrogen and oxygen atoms in total. The largest absolute Gasteiger partial charge is 0.356 e. The van der Waals surface area contributed by atoms with E-state index >= 15 is 0 Å². The minimum atomic E-state index is -0.487. The van der Waals surface area contributed by atoms with Gasteiger partial charge in [0, 0.05) is 17.6 Å². The summed E-state index contributed by atoms with van der Waals surface area (Å²) in [6.45, 7) is 1.72. The Kier molecular flexibility index (Phi) is 4.80. The topological polar surface area (TPSA) is 105 Å². The van der Waals surface area contributed by atoms with E-state index in [2.05, 4.69) is 25.7 Å². The van der Waals surface area contributed by atoms with Crippen LogP contribution in [-0.4, -0.2) is 31.6 Å². The number of benzene rings is 1. The van der Waals surface area contributed by atoms with Gasteiger partial charge in [0.15, 0.2) is 0 Å². The average molecular weight is 359 g/mol. The zero-order valence-electron chi connectivity index (χ0n) is 13.2. The van der Waals surface area contributed by atoms with Gasteiger partial charge in [-0.05, 0) is 37.3 Å². The number of anilines is 2. The first-order chi connectivity index (χ1) is 12.0. The molecule has 0 saturated carbocycles. The van der Waals surface area contributed by atoms with E-state index in [1.165, 1.54) is 29.6 Å². The Hall–Kier alpha value is -3.13. The van der Waals surface area contributed by atoms with Gasteiger partial charge in [-0.15, -0.1) is 0 Å². The maximum atomic E-state index is 12.2. The first-order valence-electron chi connectivity index (χ1n) is 7.43. The van der Waals surface area contributed by atoms with Crippen molar-refractivity contribution in [3.05, 3.63) is 59.9 Å². The fraction of sp³-hybridized carbons (Fsp3) is 0.125. The van der Waals surface area contributed by atoms with Crippen molar-refractivity contribution < 1.29 is 9.59 Å². The van der Waals surface area contributed by atoms with E-state index in [4.69, 9.17) is 11.6 Å². The number of halogens is 1. The average Bonchev–Trinajstić information content (AvgIpc) is 3.27. The molecule has 0 aliphatic heterocycles. The van der Waals surface area contributed by atoms with Crippen LogP contribution in [0.15, 0.2) is 49.2 Å². The van der Waals surface area contributed by atoms with Crippen LogP contribution in [0.5, 0.6) is 0 Å². The molecule has 0 unspecified atom stereocenters. The molecule has 3 rings (SSSR count). The van der Waals surface area contributed by atoms with Crippen molar-refractivity contribution in [2.45, 2.75) is 13.0 Å². The summed E-state index contributed by atoms with van der Waals surface area (Å²) in [4.78, 5) is 30.8. The molecular weight excluding hydrogens is 344 g/mol. The fourth-order valence-corrected chi connectivity index (χ4v) is 2.28. The predicted molar refractivity (Wildman–Crippen MR) is 93.6 cm³/mol. The molecule has 1 aromatic carbocycles. The lowest BCUT2D eigenvalue weighted by Gasteiger charge is -2.12. The summed E-state index contributed by atoms with van der Waals surface area (Å²) < 4.78 is 1.46. The summed E-state index contributed by atoms with van der Waals surface area (Å²) in [5.74, 6) is -0.521. The van der Waals surface area contributed by atoms with Crippen LogP contribution in [0.2, 0.25) is 5.02 Å². The second-order valence-corrected chi connectivity index (χ2v) is 5.74. The highest BCUT2D eigenvalue weighted by Crippen LogP contribution is 2.17. The highest BCUT2D eigenvalue weighted by molar-refractivity contribution is 6.31. The molecule has 0 saturated heterocycles. The molecule has 0 aliphatic rings. The lowest BCUT2D eigenvalue weighted by Crippen LogP contribution is -2.24. The van der Waals surface area contributed by atoms with Crippen molar-refractivity contribution in [1.82, 2.24) is 19.7 Å². The number of amides is 2. The van der Waals surface area contributed by atoms with Crippen molar-refractivity contribution in [2.75, 3.05) is 10.6 Å². The third-order valence-electron chi connectivity index (χ3n) is 3.52. The van der Waals surface area contributed by atoms with Crippen LogP contribution in [-0.2, 0) is 4.79 Å². The zero-order valence-corrected chi connectivity index (χ0v) is 14.0. The Morgan fingerprint density at radius 3 is 2.44 bits per heavy atom. The number of hydrogen-bond donors (Lipinski definition) is 3. The quantitative estimate of drug-likeness (QED) is 0.652. The molecule has 9 heteroatoms. The van der Waals surface area contributed by atoms with Gasteiger partial charge in [0.25, 0.3) is 5.91 Å². The van der Waals surface area contributed by atoms with Crippen molar-refractivity contribution in [3.8, 4) is 0 Å². The van der Waals surface area contributed by atoms with E-state index < -0.39 is 6.04 Å². The number of H-pyrrole nitrogens is 1. The highest BCUT2D eigenvalue weighted by Gasteiger charge is 2.15. The smallest absolute Gasteiger partial charge is 0.272 e. The van der Waals surface area contributed by atoms with Gasteiger partial charge < -0.3 is 15.6 Å². The van der Waals surface area contributed by atoms with Crippen molar-refractivity contribution in [1.29, 1.82) is 0 Å². The molecule has 0 fully saturated rings. The summed E-state index contributed by atoms with van der Waals surface area (Å²) in [6, 6.07) is 7.83. The molecule has 0 aliphatic carbocycles. The molecule has 0 spiro atoms. The zero-order chi connectivity index (χ0) is 17.8. The molecule has 2 amide bonds. The molecule has 1 atom stereocenters. The van der Waals surface area contributed by atoms with Crippen LogP contribution in [0.25, 0.3) is 0 Å². The molecule has 2 heterocycles. The van der Waals surface area contributed by atoms with Crippen LogP contribution >= 0.6 is 11.6 Å². The van der Waals surface area contributed by atoms with E-state index in [9.17, 15) is 9.59 Å². The molecule has 3 N–H and O–H groups in total. The molecule has 128 valence electrons. The van der Waals surface area contributed by atoms with Crippen LogP contribution in [0.1, 0.15) is 23.5 Å². The van der Waals surface area contributed by atoms with Gasteiger partial charge in [0.2, 0.25) is 5.91 Å². The van der Waals surface area contributed by atoms with Gasteiger partial charge in [0.05, 0.1) is 5.02 Å². The third kappa shape index (κ3) is 4.04. The van der Waals surface area contributed by atoms with Crippen LogP contribution < -0.4 is 10.6 Å². The Balaban J connectivity index is 1.60. The number of nitrogens with zero attached hydrogens (tertiary/aromatic N) is 3. The Morgan fingerprint density at radius 1 is 1.20 bits per heavy atom. The first-order valence-corrected chi connectivity index (χ1v) is 7.81. The number of carbonyl (C=O) groups excluding carboxylic acids is 2. The Labute approximate surface area is 148 Å². The molecule has 3 aromatic rings. The summed E-state index contributed by atoms with van der Waals surface area (Å²) in [5.41, 5.74) is 1.57. The summed E-state index contributed by atoms with van der Waals surface area (Å²) in [6.07, 6.45) is 4.39. The van der Waals surface area contributed by atoms with Crippen molar-refractivity contribution in [2.24, 2.45) is 0 Å². The van der Waals surface area contributed by atoms with Gasteiger partial charge in [0.1, 0.15) is 24.4 Å². The van der Waals surface area contributed by atoms with E-state index in [0.717, 1.165) is 0 Å².